The Morgan fingerprint density at radius 1 is 0.926 bits per heavy atom. The fraction of sp³-hybridized carbons (Fsp3) is 0.364. The number of hydrogen-bond acceptors (Lipinski definition) is 3. The predicted molar refractivity (Wildman–Crippen MR) is 110 cm³/mol. The Balaban J connectivity index is 1.49. The van der Waals surface area contributed by atoms with Gasteiger partial charge in [0.05, 0.1) is 0 Å². The van der Waals surface area contributed by atoms with Gasteiger partial charge in [-0.25, -0.2) is 0 Å². The van der Waals surface area contributed by atoms with Crippen LogP contribution in [0.25, 0.3) is 0 Å². The van der Waals surface area contributed by atoms with E-state index in [0.717, 1.165) is 29.4 Å². The summed E-state index contributed by atoms with van der Waals surface area (Å²) in [5.74, 6) is 0.0851. The van der Waals surface area contributed by atoms with E-state index >= 15 is 0 Å². The van der Waals surface area contributed by atoms with Crippen LogP contribution in [0.3, 0.4) is 0 Å². The summed E-state index contributed by atoms with van der Waals surface area (Å²) in [4.78, 5) is 28.9. The van der Waals surface area contributed by atoms with Gasteiger partial charge in [-0.05, 0) is 49.2 Å². The predicted octanol–water partition coefficient (Wildman–Crippen LogP) is 4.27. The number of piperazine rings is 1. The number of aryl methyl sites for hydroxylation is 2. The molecule has 0 aromatic heterocycles. The van der Waals surface area contributed by atoms with Crippen LogP contribution in [-0.4, -0.2) is 42.8 Å². The van der Waals surface area contributed by atoms with Crippen molar-refractivity contribution in [1.29, 1.82) is 0 Å². The van der Waals surface area contributed by atoms with Gasteiger partial charge >= 0.3 is 0 Å². The van der Waals surface area contributed by atoms with Crippen molar-refractivity contribution in [3.05, 3.63) is 64.2 Å². The Morgan fingerprint density at radius 3 is 2.33 bits per heavy atom. The topological polar surface area (TPSA) is 40.6 Å². The number of halogens is 1. The molecule has 1 fully saturated rings. The lowest BCUT2D eigenvalue weighted by Gasteiger charge is -2.36. The number of benzene rings is 2. The molecular formula is C22H25ClN2O2. The molecule has 2 aromatic rings. The summed E-state index contributed by atoms with van der Waals surface area (Å²) in [6.07, 6.45) is 0.527. The molecule has 0 aliphatic carbocycles. The van der Waals surface area contributed by atoms with Gasteiger partial charge in [-0.3, -0.25) is 9.59 Å². The van der Waals surface area contributed by atoms with Crippen LogP contribution in [0.4, 0.5) is 5.69 Å². The first-order chi connectivity index (χ1) is 12.9. The molecule has 0 N–H and O–H groups in total. The maximum absolute atomic E-state index is 12.5. The molecule has 0 radical (unpaired) electrons. The molecule has 1 heterocycles. The second kappa shape index (κ2) is 8.57. The SMILES string of the molecule is Cc1ccc(C(=O)CCC(=O)N2CCN(c3cccc(Cl)c3)CC2)cc1C. The molecule has 5 heteroatoms. The number of Topliss-reactive ketones (excluding diaryl/α,β-unsaturated/α-hetero) is 1. The summed E-state index contributed by atoms with van der Waals surface area (Å²) in [5.41, 5.74) is 4.04. The van der Waals surface area contributed by atoms with E-state index < -0.39 is 0 Å². The Kier molecular flexibility index (Phi) is 6.17. The third kappa shape index (κ3) is 4.89. The molecule has 0 saturated carbocycles. The fourth-order valence-electron chi connectivity index (χ4n) is 3.32. The lowest BCUT2D eigenvalue weighted by Crippen LogP contribution is -2.48. The van der Waals surface area contributed by atoms with E-state index in [2.05, 4.69) is 4.90 Å². The first-order valence-electron chi connectivity index (χ1n) is 9.33. The summed E-state index contributed by atoms with van der Waals surface area (Å²) >= 11 is 6.06. The molecule has 142 valence electrons. The Labute approximate surface area is 165 Å². The number of ketones is 1. The zero-order chi connectivity index (χ0) is 19.4. The molecule has 1 saturated heterocycles. The van der Waals surface area contributed by atoms with Gasteiger partial charge in [0.1, 0.15) is 0 Å². The minimum atomic E-state index is 0.0315. The lowest BCUT2D eigenvalue weighted by atomic mass is 10.0. The van der Waals surface area contributed by atoms with Crippen molar-refractivity contribution in [2.45, 2.75) is 26.7 Å². The summed E-state index contributed by atoms with van der Waals surface area (Å²) in [6.45, 7) is 6.91. The zero-order valence-electron chi connectivity index (χ0n) is 15.9. The van der Waals surface area contributed by atoms with Gasteiger partial charge in [0.15, 0.2) is 5.78 Å². The summed E-state index contributed by atoms with van der Waals surface area (Å²) in [7, 11) is 0. The van der Waals surface area contributed by atoms with Crippen LogP contribution in [-0.2, 0) is 4.79 Å². The van der Waals surface area contributed by atoms with Gasteiger partial charge in [-0.1, -0.05) is 29.8 Å². The molecule has 4 nitrogen and oxygen atoms in total. The summed E-state index contributed by atoms with van der Waals surface area (Å²) < 4.78 is 0. The normalized spacial score (nSPS) is 14.3. The number of carbonyl (C=O) groups is 2. The van der Waals surface area contributed by atoms with E-state index in [1.54, 1.807) is 0 Å². The van der Waals surface area contributed by atoms with Crippen molar-refractivity contribution < 1.29 is 9.59 Å². The molecule has 0 atom stereocenters. The van der Waals surface area contributed by atoms with Gasteiger partial charge in [-0.2, -0.15) is 0 Å². The van der Waals surface area contributed by atoms with Gasteiger partial charge < -0.3 is 9.80 Å². The third-order valence-electron chi connectivity index (χ3n) is 5.20. The van der Waals surface area contributed by atoms with Gasteiger partial charge in [0, 0.05) is 55.3 Å². The van der Waals surface area contributed by atoms with Crippen LogP contribution in [0.1, 0.15) is 34.3 Å². The maximum Gasteiger partial charge on any atom is 0.223 e. The Bertz CT molecular complexity index is 842. The quantitative estimate of drug-likeness (QED) is 0.723. The summed E-state index contributed by atoms with van der Waals surface area (Å²) in [5, 5.41) is 0.718. The molecule has 2 aromatic carbocycles. The van der Waals surface area contributed by atoms with Crippen LogP contribution in [0, 0.1) is 13.8 Å². The van der Waals surface area contributed by atoms with Crippen molar-refractivity contribution >= 4 is 29.0 Å². The smallest absolute Gasteiger partial charge is 0.223 e. The average molecular weight is 385 g/mol. The molecule has 0 spiro atoms. The molecule has 0 bridgehead atoms. The van der Waals surface area contributed by atoms with Gasteiger partial charge in [0.2, 0.25) is 5.91 Å². The van der Waals surface area contributed by atoms with Gasteiger partial charge in [-0.15, -0.1) is 0 Å². The van der Waals surface area contributed by atoms with Crippen LogP contribution >= 0.6 is 11.6 Å². The Morgan fingerprint density at radius 2 is 1.67 bits per heavy atom. The van der Waals surface area contributed by atoms with E-state index in [9.17, 15) is 9.59 Å². The van der Waals surface area contributed by atoms with Gasteiger partial charge in [0.25, 0.3) is 0 Å². The highest BCUT2D eigenvalue weighted by atomic mass is 35.5. The number of carbonyl (C=O) groups excluding carboxylic acids is 2. The highest BCUT2D eigenvalue weighted by Gasteiger charge is 2.22. The standard InChI is InChI=1S/C22H25ClN2O2/c1-16-6-7-18(14-17(16)2)21(26)8-9-22(27)25-12-10-24(11-13-25)20-5-3-4-19(23)15-20/h3-7,14-15H,8-13H2,1-2H3. The van der Waals surface area contributed by atoms with Crippen molar-refractivity contribution in [2.24, 2.45) is 0 Å². The van der Waals surface area contributed by atoms with E-state index in [4.69, 9.17) is 11.6 Å². The third-order valence-corrected chi connectivity index (χ3v) is 5.44. The molecule has 27 heavy (non-hydrogen) atoms. The average Bonchev–Trinajstić information content (AvgIpc) is 2.68. The van der Waals surface area contributed by atoms with Crippen molar-refractivity contribution in [2.75, 3.05) is 31.1 Å². The molecule has 0 unspecified atom stereocenters. The molecule has 1 aliphatic rings. The van der Waals surface area contributed by atoms with E-state index in [1.165, 1.54) is 5.56 Å². The van der Waals surface area contributed by atoms with Crippen LogP contribution in [0.5, 0.6) is 0 Å². The molecule has 1 aliphatic heterocycles. The number of anilines is 1. The second-order valence-electron chi connectivity index (χ2n) is 7.07. The van der Waals surface area contributed by atoms with Crippen LogP contribution in [0.2, 0.25) is 5.02 Å². The minimum Gasteiger partial charge on any atom is -0.368 e. The first kappa shape index (κ1) is 19.4. The van der Waals surface area contributed by atoms with Crippen molar-refractivity contribution in [3.63, 3.8) is 0 Å². The highest BCUT2D eigenvalue weighted by molar-refractivity contribution is 6.30. The maximum atomic E-state index is 12.5. The zero-order valence-corrected chi connectivity index (χ0v) is 16.6. The number of amides is 1. The molecule has 1 amide bonds. The highest BCUT2D eigenvalue weighted by Crippen LogP contribution is 2.21. The van der Waals surface area contributed by atoms with Crippen LogP contribution in [0.15, 0.2) is 42.5 Å². The summed E-state index contributed by atoms with van der Waals surface area (Å²) in [6, 6.07) is 13.5. The van der Waals surface area contributed by atoms with E-state index in [-0.39, 0.29) is 24.5 Å². The minimum absolute atomic E-state index is 0.0315. The largest absolute Gasteiger partial charge is 0.368 e. The monoisotopic (exact) mass is 384 g/mol. The van der Waals surface area contributed by atoms with Crippen LogP contribution < -0.4 is 4.90 Å². The molecule has 3 rings (SSSR count). The number of rotatable bonds is 5. The second-order valence-corrected chi connectivity index (χ2v) is 7.51. The first-order valence-corrected chi connectivity index (χ1v) is 9.70. The van der Waals surface area contributed by atoms with Crippen molar-refractivity contribution in [3.8, 4) is 0 Å². The fourth-order valence-corrected chi connectivity index (χ4v) is 3.51. The Hall–Kier alpha value is -2.33. The lowest BCUT2D eigenvalue weighted by molar-refractivity contribution is -0.131. The number of hydrogen-bond donors (Lipinski definition) is 0. The van der Waals surface area contributed by atoms with Crippen molar-refractivity contribution in [1.82, 2.24) is 4.90 Å². The van der Waals surface area contributed by atoms with E-state index in [0.29, 0.717) is 18.7 Å². The number of nitrogens with zero attached hydrogens (tertiary/aromatic N) is 2. The molecular weight excluding hydrogens is 360 g/mol. The van der Waals surface area contributed by atoms with E-state index in [1.807, 2.05) is 61.2 Å².